The Kier molecular flexibility index (Phi) is 2.60. The van der Waals surface area contributed by atoms with E-state index in [9.17, 15) is 4.79 Å². The molecule has 74 valence electrons. The minimum absolute atomic E-state index is 0.203. The van der Waals surface area contributed by atoms with Gasteiger partial charge in [-0.15, -0.1) is 11.6 Å². The van der Waals surface area contributed by atoms with E-state index in [1.165, 1.54) is 5.56 Å². The van der Waals surface area contributed by atoms with Crippen molar-refractivity contribution >= 4 is 17.4 Å². The van der Waals surface area contributed by atoms with Crippen LogP contribution in [-0.4, -0.2) is 11.2 Å². The molecule has 2 heteroatoms. The lowest BCUT2D eigenvalue weighted by Crippen LogP contribution is -1.96. The lowest BCUT2D eigenvalue weighted by atomic mass is 10.0. The first-order valence-electron chi connectivity index (χ1n) is 4.99. The first-order valence-corrected chi connectivity index (χ1v) is 5.43. The monoisotopic (exact) mass is 208 g/mol. The van der Waals surface area contributed by atoms with E-state index >= 15 is 0 Å². The van der Waals surface area contributed by atoms with Crippen molar-refractivity contribution in [2.24, 2.45) is 0 Å². The van der Waals surface area contributed by atoms with Gasteiger partial charge in [-0.25, -0.2) is 0 Å². The van der Waals surface area contributed by atoms with Gasteiger partial charge in [-0.3, -0.25) is 4.79 Å². The quantitative estimate of drug-likeness (QED) is 0.550. The van der Waals surface area contributed by atoms with Crippen LogP contribution in [0.4, 0.5) is 0 Å². The Bertz CT molecular complexity index is 342. The fourth-order valence-electron chi connectivity index (χ4n) is 1.63. The molecule has 0 N–H and O–H groups in total. The number of rotatable bonds is 3. The fourth-order valence-corrected chi connectivity index (χ4v) is 1.97. The summed E-state index contributed by atoms with van der Waals surface area (Å²) in [7, 11) is 0. The smallest absolute Gasteiger partial charge is 0.162 e. The topological polar surface area (TPSA) is 17.1 Å². The number of halogens is 1. The summed E-state index contributed by atoms with van der Waals surface area (Å²) in [4.78, 5) is 11.3. The number of hydrogen-bond acceptors (Lipinski definition) is 1. The molecule has 0 radical (unpaired) electrons. The molecule has 0 heterocycles. The fraction of sp³-hybridized carbons (Fsp3) is 0.417. The highest BCUT2D eigenvalue weighted by molar-refractivity contribution is 6.23. The second-order valence-electron chi connectivity index (χ2n) is 3.76. The highest BCUT2D eigenvalue weighted by atomic mass is 35.5. The summed E-state index contributed by atoms with van der Waals surface area (Å²) in [6.07, 6.45) is 1.64. The molecular formula is C12H13ClO. The van der Waals surface area contributed by atoms with Gasteiger partial charge in [0, 0.05) is 23.3 Å². The van der Waals surface area contributed by atoms with Gasteiger partial charge < -0.3 is 0 Å². The van der Waals surface area contributed by atoms with E-state index < -0.39 is 0 Å². The van der Waals surface area contributed by atoms with Crippen LogP contribution in [-0.2, 0) is 0 Å². The predicted octanol–water partition coefficient (Wildman–Crippen LogP) is 3.37. The number of carbonyl (C=O) groups is 1. The Morgan fingerprint density at radius 3 is 2.43 bits per heavy atom. The third kappa shape index (κ3) is 1.83. The molecular weight excluding hydrogens is 196 g/mol. The molecule has 2 unspecified atom stereocenters. The van der Waals surface area contributed by atoms with E-state index in [-0.39, 0.29) is 5.78 Å². The molecule has 14 heavy (non-hydrogen) atoms. The number of hydrogen-bond donors (Lipinski definition) is 0. The predicted molar refractivity (Wildman–Crippen MR) is 58.1 cm³/mol. The van der Waals surface area contributed by atoms with E-state index in [0.717, 1.165) is 12.0 Å². The van der Waals surface area contributed by atoms with Crippen LogP contribution < -0.4 is 0 Å². The van der Waals surface area contributed by atoms with Crippen molar-refractivity contribution in [1.29, 1.82) is 0 Å². The van der Waals surface area contributed by atoms with Crippen LogP contribution in [0.2, 0.25) is 0 Å². The summed E-state index contributed by atoms with van der Waals surface area (Å²) in [6.45, 7) is 1.88. The second kappa shape index (κ2) is 3.74. The van der Waals surface area contributed by atoms with Crippen LogP contribution >= 0.6 is 11.6 Å². The number of carbonyl (C=O) groups excluding carboxylic acids is 1. The zero-order chi connectivity index (χ0) is 10.1. The van der Waals surface area contributed by atoms with Crippen molar-refractivity contribution in [1.82, 2.24) is 0 Å². The molecule has 1 aliphatic rings. The van der Waals surface area contributed by atoms with Crippen LogP contribution in [0.1, 0.15) is 41.6 Å². The highest BCUT2D eigenvalue weighted by Crippen LogP contribution is 2.45. The Morgan fingerprint density at radius 2 is 2.00 bits per heavy atom. The SMILES string of the molecule is CCC(=O)c1ccc(C2CC2Cl)cc1. The zero-order valence-electron chi connectivity index (χ0n) is 8.16. The van der Waals surface area contributed by atoms with Crippen molar-refractivity contribution in [2.45, 2.75) is 31.1 Å². The molecule has 1 saturated carbocycles. The van der Waals surface area contributed by atoms with Crippen LogP contribution in [0, 0.1) is 0 Å². The maximum atomic E-state index is 11.3. The largest absolute Gasteiger partial charge is 0.294 e. The van der Waals surface area contributed by atoms with Crippen LogP contribution in [0.3, 0.4) is 0 Å². The van der Waals surface area contributed by atoms with E-state index in [0.29, 0.717) is 17.7 Å². The molecule has 2 rings (SSSR count). The summed E-state index contributed by atoms with van der Waals surface area (Å²) in [5.41, 5.74) is 2.07. The summed E-state index contributed by atoms with van der Waals surface area (Å²) < 4.78 is 0. The second-order valence-corrected chi connectivity index (χ2v) is 4.32. The zero-order valence-corrected chi connectivity index (χ0v) is 8.92. The van der Waals surface area contributed by atoms with Gasteiger partial charge in [-0.2, -0.15) is 0 Å². The van der Waals surface area contributed by atoms with Gasteiger partial charge in [0.1, 0.15) is 0 Å². The first-order chi connectivity index (χ1) is 6.72. The third-order valence-corrected chi connectivity index (χ3v) is 3.18. The summed E-state index contributed by atoms with van der Waals surface area (Å²) in [6, 6.07) is 7.86. The molecule has 1 aromatic rings. The van der Waals surface area contributed by atoms with E-state index in [4.69, 9.17) is 11.6 Å². The molecule has 0 aromatic heterocycles. The van der Waals surface area contributed by atoms with Gasteiger partial charge in [0.05, 0.1) is 0 Å². The highest BCUT2D eigenvalue weighted by Gasteiger charge is 2.36. The lowest BCUT2D eigenvalue weighted by molar-refractivity contribution is 0.0988. The van der Waals surface area contributed by atoms with Crippen molar-refractivity contribution in [3.63, 3.8) is 0 Å². The molecule has 1 nitrogen and oxygen atoms in total. The van der Waals surface area contributed by atoms with Gasteiger partial charge >= 0.3 is 0 Å². The molecule has 0 spiro atoms. The maximum Gasteiger partial charge on any atom is 0.162 e. The normalized spacial score (nSPS) is 24.7. The van der Waals surface area contributed by atoms with Crippen molar-refractivity contribution in [3.05, 3.63) is 35.4 Å². The molecule has 0 saturated heterocycles. The molecule has 1 fully saturated rings. The first kappa shape index (κ1) is 9.72. The Morgan fingerprint density at radius 1 is 1.43 bits per heavy atom. The summed E-state index contributed by atoms with van der Waals surface area (Å²) in [5, 5.41) is 0.308. The molecule has 1 aliphatic carbocycles. The number of alkyl halides is 1. The lowest BCUT2D eigenvalue weighted by Gasteiger charge is -2.00. The average Bonchev–Trinajstić information content (AvgIpc) is 2.95. The van der Waals surface area contributed by atoms with Crippen molar-refractivity contribution in [2.75, 3.05) is 0 Å². The average molecular weight is 209 g/mol. The van der Waals surface area contributed by atoms with Crippen LogP contribution in [0.5, 0.6) is 0 Å². The van der Waals surface area contributed by atoms with Crippen LogP contribution in [0.25, 0.3) is 0 Å². The van der Waals surface area contributed by atoms with E-state index in [1.54, 1.807) is 0 Å². The Hall–Kier alpha value is -0.820. The molecule has 0 aliphatic heterocycles. The van der Waals surface area contributed by atoms with Crippen molar-refractivity contribution in [3.8, 4) is 0 Å². The molecule has 0 bridgehead atoms. The third-order valence-electron chi connectivity index (χ3n) is 2.69. The van der Waals surface area contributed by atoms with Gasteiger partial charge in [0.2, 0.25) is 0 Å². The van der Waals surface area contributed by atoms with Gasteiger partial charge in [-0.05, 0) is 12.0 Å². The molecule has 0 amide bonds. The van der Waals surface area contributed by atoms with Gasteiger partial charge in [0.15, 0.2) is 5.78 Å². The molecule has 1 aromatic carbocycles. The standard InChI is InChI=1S/C12H13ClO/c1-2-12(14)9-5-3-8(4-6-9)10-7-11(10)13/h3-6,10-11H,2,7H2,1H3. The maximum absolute atomic E-state index is 11.3. The van der Waals surface area contributed by atoms with Crippen molar-refractivity contribution < 1.29 is 4.79 Å². The Labute approximate surface area is 89.1 Å². The van der Waals surface area contributed by atoms with E-state index in [1.807, 2.05) is 31.2 Å². The number of benzene rings is 1. The number of Topliss-reactive ketones (excluding diaryl/α,β-unsaturated/α-hetero) is 1. The van der Waals surface area contributed by atoms with Gasteiger partial charge in [-0.1, -0.05) is 31.2 Å². The van der Waals surface area contributed by atoms with E-state index in [2.05, 4.69) is 0 Å². The van der Waals surface area contributed by atoms with Gasteiger partial charge in [0.25, 0.3) is 0 Å². The minimum atomic E-state index is 0.203. The molecule has 2 atom stereocenters. The minimum Gasteiger partial charge on any atom is -0.294 e. The summed E-state index contributed by atoms with van der Waals surface area (Å²) >= 11 is 5.95. The Balaban J connectivity index is 2.14. The van der Waals surface area contributed by atoms with Crippen LogP contribution in [0.15, 0.2) is 24.3 Å². The summed E-state index contributed by atoms with van der Waals surface area (Å²) in [5.74, 6) is 0.720. The number of ketones is 1.